The Hall–Kier alpha value is -4.46. The summed E-state index contributed by atoms with van der Waals surface area (Å²) in [6.07, 6.45) is 3.10. The maximum Gasteiger partial charge on any atom is 0.271 e. The van der Waals surface area contributed by atoms with Crippen molar-refractivity contribution in [2.24, 2.45) is 10.2 Å². The van der Waals surface area contributed by atoms with Gasteiger partial charge < -0.3 is 9.80 Å². The Morgan fingerprint density at radius 2 is 1.06 bits per heavy atom. The highest BCUT2D eigenvalue weighted by atomic mass is 16.2. The topological polar surface area (TPSA) is 89.4 Å². The molecule has 0 saturated heterocycles. The zero-order valence-corrected chi connectivity index (χ0v) is 19.7. The predicted octanol–water partition coefficient (Wildman–Crippen LogP) is 3.35. The van der Waals surface area contributed by atoms with Crippen molar-refractivity contribution in [2.45, 2.75) is 0 Å². The molecule has 2 amide bonds. The fourth-order valence-corrected chi connectivity index (χ4v) is 3.03. The van der Waals surface area contributed by atoms with E-state index < -0.39 is 0 Å². The van der Waals surface area contributed by atoms with Crippen LogP contribution in [0.15, 0.2) is 83.0 Å². The van der Waals surface area contributed by atoms with Gasteiger partial charge in [0, 0.05) is 50.7 Å². The van der Waals surface area contributed by atoms with Crippen molar-refractivity contribution in [3.05, 3.63) is 95.1 Å². The zero-order chi connectivity index (χ0) is 24.5. The first-order chi connectivity index (χ1) is 16.3. The lowest BCUT2D eigenvalue weighted by Gasteiger charge is -2.12. The third-order valence-corrected chi connectivity index (χ3v) is 4.92. The fraction of sp³-hybridized carbons (Fsp3) is 0.154. The number of amides is 2. The first-order valence-electron chi connectivity index (χ1n) is 10.6. The van der Waals surface area contributed by atoms with E-state index in [9.17, 15) is 9.59 Å². The molecule has 0 spiro atoms. The lowest BCUT2D eigenvalue weighted by atomic mass is 10.1. The van der Waals surface area contributed by atoms with Crippen LogP contribution in [0.3, 0.4) is 0 Å². The molecule has 0 heterocycles. The zero-order valence-electron chi connectivity index (χ0n) is 19.7. The van der Waals surface area contributed by atoms with Gasteiger partial charge in [-0.25, -0.2) is 10.9 Å². The molecule has 2 N–H and O–H groups in total. The highest BCUT2D eigenvalue weighted by molar-refractivity contribution is 5.97. The summed E-state index contributed by atoms with van der Waals surface area (Å²) in [5.41, 5.74) is 9.54. The SMILES string of the molecule is CN(C)c1cccc(C(=O)N/N=C/c2cccc(/C=N/NC(=O)c3cccc(N(C)C)c3)c2)c1. The van der Waals surface area contributed by atoms with Crippen molar-refractivity contribution in [1.29, 1.82) is 0 Å². The summed E-state index contributed by atoms with van der Waals surface area (Å²) in [6.45, 7) is 0. The van der Waals surface area contributed by atoms with Crippen molar-refractivity contribution in [3.8, 4) is 0 Å². The average Bonchev–Trinajstić information content (AvgIpc) is 2.84. The van der Waals surface area contributed by atoms with Gasteiger partial charge in [-0.05, 0) is 53.6 Å². The monoisotopic (exact) mass is 456 g/mol. The quantitative estimate of drug-likeness (QED) is 0.402. The average molecular weight is 457 g/mol. The molecule has 3 aromatic carbocycles. The number of hydrogen-bond acceptors (Lipinski definition) is 6. The van der Waals surface area contributed by atoms with Crippen LogP contribution in [0.5, 0.6) is 0 Å². The smallest absolute Gasteiger partial charge is 0.271 e. The van der Waals surface area contributed by atoms with Gasteiger partial charge in [-0.2, -0.15) is 10.2 Å². The molecule has 0 bridgehead atoms. The van der Waals surface area contributed by atoms with Gasteiger partial charge in [-0.1, -0.05) is 30.3 Å². The molecule has 8 nitrogen and oxygen atoms in total. The minimum absolute atomic E-state index is 0.293. The van der Waals surface area contributed by atoms with Gasteiger partial charge in [0.05, 0.1) is 12.4 Å². The largest absolute Gasteiger partial charge is 0.378 e. The fourth-order valence-electron chi connectivity index (χ4n) is 3.03. The van der Waals surface area contributed by atoms with Crippen molar-refractivity contribution >= 4 is 35.6 Å². The van der Waals surface area contributed by atoms with Crippen LogP contribution in [0.2, 0.25) is 0 Å². The number of carbonyl (C=O) groups is 2. The second kappa shape index (κ2) is 11.4. The minimum atomic E-state index is -0.293. The van der Waals surface area contributed by atoms with Gasteiger partial charge >= 0.3 is 0 Å². The Bertz CT molecular complexity index is 1130. The Morgan fingerprint density at radius 3 is 1.47 bits per heavy atom. The van der Waals surface area contributed by atoms with E-state index in [2.05, 4.69) is 21.1 Å². The Kier molecular flexibility index (Phi) is 8.12. The van der Waals surface area contributed by atoms with Crippen molar-refractivity contribution in [2.75, 3.05) is 38.0 Å². The normalized spacial score (nSPS) is 10.9. The highest BCUT2D eigenvalue weighted by Crippen LogP contribution is 2.14. The van der Waals surface area contributed by atoms with Gasteiger partial charge in [-0.3, -0.25) is 9.59 Å². The van der Waals surface area contributed by atoms with Gasteiger partial charge in [0.1, 0.15) is 0 Å². The predicted molar refractivity (Wildman–Crippen MR) is 138 cm³/mol. The van der Waals surface area contributed by atoms with E-state index in [1.165, 1.54) is 0 Å². The van der Waals surface area contributed by atoms with E-state index in [0.29, 0.717) is 11.1 Å². The summed E-state index contributed by atoms with van der Waals surface area (Å²) in [5, 5.41) is 8.10. The van der Waals surface area contributed by atoms with Crippen LogP contribution in [0.1, 0.15) is 31.8 Å². The lowest BCUT2D eigenvalue weighted by Crippen LogP contribution is -2.18. The number of hydrogen-bond donors (Lipinski definition) is 2. The molecule has 8 heteroatoms. The third-order valence-electron chi connectivity index (χ3n) is 4.92. The molecular weight excluding hydrogens is 428 g/mol. The lowest BCUT2D eigenvalue weighted by molar-refractivity contribution is 0.0947. The van der Waals surface area contributed by atoms with Crippen LogP contribution in [0.25, 0.3) is 0 Å². The van der Waals surface area contributed by atoms with Crippen molar-refractivity contribution in [1.82, 2.24) is 10.9 Å². The molecule has 0 fully saturated rings. The van der Waals surface area contributed by atoms with E-state index >= 15 is 0 Å². The standard InChI is InChI=1S/C26H28N6O2/c1-31(2)23-12-6-10-21(15-23)25(33)29-27-17-19-8-5-9-20(14-19)18-28-30-26(34)22-11-7-13-24(16-22)32(3)4/h5-18H,1-4H3,(H,29,33)(H,30,34)/b27-17+,28-18+. The number of anilines is 2. The number of nitrogens with zero attached hydrogens (tertiary/aromatic N) is 4. The van der Waals surface area contributed by atoms with E-state index in [0.717, 1.165) is 22.5 Å². The second-order valence-corrected chi connectivity index (χ2v) is 7.96. The number of benzene rings is 3. The summed E-state index contributed by atoms with van der Waals surface area (Å²) >= 11 is 0. The van der Waals surface area contributed by atoms with Gasteiger partial charge in [-0.15, -0.1) is 0 Å². The van der Waals surface area contributed by atoms with E-state index in [4.69, 9.17) is 0 Å². The summed E-state index contributed by atoms with van der Waals surface area (Å²) in [4.78, 5) is 28.6. The van der Waals surface area contributed by atoms with Crippen molar-refractivity contribution in [3.63, 3.8) is 0 Å². The van der Waals surface area contributed by atoms with Crippen LogP contribution in [-0.2, 0) is 0 Å². The molecule has 0 aromatic heterocycles. The summed E-state index contributed by atoms with van der Waals surface area (Å²) in [7, 11) is 7.66. The minimum Gasteiger partial charge on any atom is -0.378 e. The molecule has 3 aromatic rings. The number of nitrogens with one attached hydrogen (secondary N) is 2. The number of carbonyl (C=O) groups excluding carboxylic acids is 2. The van der Waals surface area contributed by atoms with Crippen LogP contribution in [-0.4, -0.2) is 52.4 Å². The van der Waals surface area contributed by atoms with Gasteiger partial charge in [0.2, 0.25) is 0 Å². The van der Waals surface area contributed by atoms with Gasteiger partial charge in [0.15, 0.2) is 0 Å². The van der Waals surface area contributed by atoms with Crippen LogP contribution in [0, 0.1) is 0 Å². The third kappa shape index (κ3) is 6.77. The maximum atomic E-state index is 12.3. The van der Waals surface area contributed by atoms with Crippen LogP contribution >= 0.6 is 0 Å². The second-order valence-electron chi connectivity index (χ2n) is 7.96. The number of rotatable bonds is 8. The maximum absolute atomic E-state index is 12.3. The van der Waals surface area contributed by atoms with Crippen molar-refractivity contribution < 1.29 is 9.59 Å². The Balaban J connectivity index is 1.58. The molecule has 0 aliphatic heterocycles. The van der Waals surface area contributed by atoms with E-state index in [1.807, 2.05) is 86.5 Å². The summed E-state index contributed by atoms with van der Waals surface area (Å²) in [5.74, 6) is -0.586. The van der Waals surface area contributed by atoms with Crippen LogP contribution in [0.4, 0.5) is 11.4 Å². The first-order valence-corrected chi connectivity index (χ1v) is 10.6. The molecule has 0 unspecified atom stereocenters. The molecule has 0 aliphatic carbocycles. The molecule has 0 saturated carbocycles. The van der Waals surface area contributed by atoms with Gasteiger partial charge in [0.25, 0.3) is 11.8 Å². The Labute approximate surface area is 199 Å². The summed E-state index contributed by atoms with van der Waals surface area (Å²) in [6, 6.07) is 22.0. The Morgan fingerprint density at radius 1 is 0.647 bits per heavy atom. The molecule has 0 aliphatic rings. The molecule has 0 radical (unpaired) electrons. The molecule has 0 atom stereocenters. The first kappa shape index (κ1) is 24.2. The highest BCUT2D eigenvalue weighted by Gasteiger charge is 2.07. The number of hydrazone groups is 2. The summed E-state index contributed by atoms with van der Waals surface area (Å²) < 4.78 is 0. The molecule has 34 heavy (non-hydrogen) atoms. The van der Waals surface area contributed by atoms with E-state index in [1.54, 1.807) is 36.7 Å². The van der Waals surface area contributed by atoms with Crippen LogP contribution < -0.4 is 20.7 Å². The molecule has 3 rings (SSSR count). The molecular formula is C26H28N6O2. The van der Waals surface area contributed by atoms with E-state index in [-0.39, 0.29) is 11.8 Å². The molecule has 174 valence electrons.